The highest BCUT2D eigenvalue weighted by Crippen LogP contribution is 2.30. The van der Waals surface area contributed by atoms with Crippen molar-refractivity contribution < 1.29 is 18.0 Å². The fourth-order valence-corrected chi connectivity index (χ4v) is 3.28. The Labute approximate surface area is 182 Å². The molecule has 0 atom stereocenters. The van der Waals surface area contributed by atoms with Crippen molar-refractivity contribution in [2.45, 2.75) is 32.4 Å². The molecule has 4 rings (SSSR count). The maximum absolute atomic E-state index is 13.0. The lowest BCUT2D eigenvalue weighted by molar-refractivity contribution is -0.137. The molecule has 0 saturated carbocycles. The van der Waals surface area contributed by atoms with Crippen LogP contribution in [0.3, 0.4) is 0 Å². The number of fused-ring (bicyclic) bond motifs is 1. The zero-order valence-electron chi connectivity index (χ0n) is 17.7. The first-order valence-electron chi connectivity index (χ1n) is 9.97. The highest BCUT2D eigenvalue weighted by molar-refractivity contribution is 6.04. The Morgan fingerprint density at radius 3 is 2.44 bits per heavy atom. The van der Waals surface area contributed by atoms with Gasteiger partial charge in [-0.3, -0.25) is 4.79 Å². The van der Waals surface area contributed by atoms with E-state index in [1.807, 2.05) is 18.2 Å². The van der Waals surface area contributed by atoms with E-state index >= 15 is 0 Å². The summed E-state index contributed by atoms with van der Waals surface area (Å²) in [4.78, 5) is 16.9. The van der Waals surface area contributed by atoms with Crippen LogP contribution in [0.1, 0.15) is 42.4 Å². The van der Waals surface area contributed by atoms with Crippen molar-refractivity contribution in [1.82, 2.24) is 14.6 Å². The van der Waals surface area contributed by atoms with Gasteiger partial charge in [-0.2, -0.15) is 18.3 Å². The molecule has 0 spiro atoms. The fourth-order valence-electron chi connectivity index (χ4n) is 3.28. The van der Waals surface area contributed by atoms with Crippen LogP contribution in [0.2, 0.25) is 0 Å². The van der Waals surface area contributed by atoms with E-state index in [1.165, 1.54) is 12.1 Å². The van der Waals surface area contributed by atoms with E-state index in [0.717, 1.165) is 29.1 Å². The second-order valence-corrected chi connectivity index (χ2v) is 8.49. The van der Waals surface area contributed by atoms with E-state index in [2.05, 4.69) is 31.1 Å². The highest BCUT2D eigenvalue weighted by Gasteiger charge is 2.31. The molecule has 8 heteroatoms. The van der Waals surface area contributed by atoms with Crippen molar-refractivity contribution in [1.29, 1.82) is 0 Å². The number of amides is 1. The Kier molecular flexibility index (Phi) is 5.24. The SMILES string of the molecule is CC(C)(C)c1cc2nccc(-c3cccc(NC(=O)c4cccc(C(F)(F)F)c4)c3)n2n1. The normalized spacial score (nSPS) is 12.2. The molecule has 1 amide bonds. The van der Waals surface area contributed by atoms with E-state index in [1.54, 1.807) is 28.9 Å². The average molecular weight is 438 g/mol. The van der Waals surface area contributed by atoms with Gasteiger partial charge in [0.15, 0.2) is 5.65 Å². The molecular weight excluding hydrogens is 417 g/mol. The predicted molar refractivity (Wildman–Crippen MR) is 117 cm³/mol. The number of rotatable bonds is 3. The predicted octanol–water partition coefficient (Wildman–Crippen LogP) is 5.96. The molecule has 4 aromatic rings. The van der Waals surface area contributed by atoms with Crippen molar-refractivity contribution >= 4 is 17.2 Å². The van der Waals surface area contributed by atoms with Crippen LogP contribution in [-0.2, 0) is 11.6 Å². The van der Waals surface area contributed by atoms with Gasteiger partial charge in [-0.1, -0.05) is 39.0 Å². The van der Waals surface area contributed by atoms with E-state index in [9.17, 15) is 18.0 Å². The molecule has 0 aliphatic carbocycles. The lowest BCUT2D eigenvalue weighted by atomic mass is 9.93. The number of halogens is 3. The Morgan fingerprint density at radius 2 is 1.72 bits per heavy atom. The second kappa shape index (κ2) is 7.78. The number of anilines is 1. The molecule has 5 nitrogen and oxygen atoms in total. The van der Waals surface area contributed by atoms with Crippen molar-refractivity contribution in [3.05, 3.63) is 83.7 Å². The zero-order chi connectivity index (χ0) is 23.1. The van der Waals surface area contributed by atoms with Gasteiger partial charge in [0.05, 0.1) is 17.0 Å². The van der Waals surface area contributed by atoms with Crippen LogP contribution in [-0.4, -0.2) is 20.5 Å². The number of hydrogen-bond acceptors (Lipinski definition) is 3. The summed E-state index contributed by atoms with van der Waals surface area (Å²) in [6.45, 7) is 6.20. The molecule has 2 aromatic heterocycles. The van der Waals surface area contributed by atoms with Gasteiger partial charge in [0.2, 0.25) is 0 Å². The lowest BCUT2D eigenvalue weighted by Crippen LogP contribution is -2.14. The van der Waals surface area contributed by atoms with Crippen LogP contribution >= 0.6 is 0 Å². The Balaban J connectivity index is 1.65. The van der Waals surface area contributed by atoms with Gasteiger partial charge >= 0.3 is 6.18 Å². The van der Waals surface area contributed by atoms with Crippen LogP contribution < -0.4 is 5.32 Å². The summed E-state index contributed by atoms with van der Waals surface area (Å²) in [5.74, 6) is -0.623. The molecule has 1 N–H and O–H groups in total. The van der Waals surface area contributed by atoms with Gasteiger partial charge < -0.3 is 5.32 Å². The van der Waals surface area contributed by atoms with Crippen LogP contribution in [0.15, 0.2) is 66.9 Å². The van der Waals surface area contributed by atoms with Crippen LogP contribution in [0, 0.1) is 0 Å². The summed E-state index contributed by atoms with van der Waals surface area (Å²) in [5.41, 5.74) is 2.52. The van der Waals surface area contributed by atoms with Gasteiger partial charge in [0.25, 0.3) is 5.91 Å². The lowest BCUT2D eigenvalue weighted by Gasteiger charge is -2.14. The maximum Gasteiger partial charge on any atom is 0.416 e. The quantitative estimate of drug-likeness (QED) is 0.429. The third kappa shape index (κ3) is 4.34. The first-order chi connectivity index (χ1) is 15.0. The molecule has 0 aliphatic rings. The fraction of sp³-hybridized carbons (Fsp3) is 0.208. The van der Waals surface area contributed by atoms with Gasteiger partial charge in [-0.15, -0.1) is 0 Å². The summed E-state index contributed by atoms with van der Waals surface area (Å²) >= 11 is 0. The smallest absolute Gasteiger partial charge is 0.322 e. The minimum absolute atomic E-state index is 0.0709. The molecule has 2 heterocycles. The first-order valence-corrected chi connectivity index (χ1v) is 9.97. The molecule has 0 radical (unpaired) electrons. The topological polar surface area (TPSA) is 59.3 Å². The summed E-state index contributed by atoms with van der Waals surface area (Å²) in [6, 6.07) is 15.1. The highest BCUT2D eigenvalue weighted by atomic mass is 19.4. The van der Waals surface area contributed by atoms with Gasteiger partial charge in [0, 0.05) is 34.5 Å². The second-order valence-electron chi connectivity index (χ2n) is 8.49. The van der Waals surface area contributed by atoms with Crippen molar-refractivity contribution in [3.63, 3.8) is 0 Å². The van der Waals surface area contributed by atoms with E-state index < -0.39 is 17.6 Å². The average Bonchev–Trinajstić information content (AvgIpc) is 3.18. The molecule has 0 bridgehead atoms. The first kappa shape index (κ1) is 21.5. The summed E-state index contributed by atoms with van der Waals surface area (Å²) < 4.78 is 40.6. The number of benzene rings is 2. The number of carbonyl (C=O) groups is 1. The van der Waals surface area contributed by atoms with Crippen molar-refractivity contribution in [2.75, 3.05) is 5.32 Å². The van der Waals surface area contributed by atoms with Crippen LogP contribution in [0.5, 0.6) is 0 Å². The number of nitrogens with one attached hydrogen (secondary N) is 1. The Morgan fingerprint density at radius 1 is 0.969 bits per heavy atom. The maximum atomic E-state index is 13.0. The number of hydrogen-bond donors (Lipinski definition) is 1. The number of alkyl halides is 3. The van der Waals surface area contributed by atoms with Crippen molar-refractivity contribution in [3.8, 4) is 11.3 Å². The molecule has 0 saturated heterocycles. The van der Waals surface area contributed by atoms with Crippen molar-refractivity contribution in [2.24, 2.45) is 0 Å². The zero-order valence-corrected chi connectivity index (χ0v) is 17.7. The summed E-state index contributed by atoms with van der Waals surface area (Å²) in [7, 11) is 0. The number of nitrogens with zero attached hydrogens (tertiary/aromatic N) is 3. The minimum atomic E-state index is -4.52. The van der Waals surface area contributed by atoms with Gasteiger partial charge in [-0.05, 0) is 36.4 Å². The molecule has 164 valence electrons. The van der Waals surface area contributed by atoms with Gasteiger partial charge in [-0.25, -0.2) is 9.50 Å². The number of aromatic nitrogens is 3. The monoisotopic (exact) mass is 438 g/mol. The molecule has 0 fully saturated rings. The summed E-state index contributed by atoms with van der Waals surface area (Å²) in [5, 5.41) is 7.36. The Bertz CT molecular complexity index is 1300. The molecular formula is C24H21F3N4O. The number of carbonyl (C=O) groups excluding carboxylic acids is 1. The van der Waals surface area contributed by atoms with E-state index in [4.69, 9.17) is 5.10 Å². The van der Waals surface area contributed by atoms with Crippen LogP contribution in [0.4, 0.5) is 18.9 Å². The molecule has 0 unspecified atom stereocenters. The third-order valence-corrected chi connectivity index (χ3v) is 4.99. The largest absolute Gasteiger partial charge is 0.416 e. The summed E-state index contributed by atoms with van der Waals surface area (Å²) in [6.07, 6.45) is -2.83. The van der Waals surface area contributed by atoms with E-state index in [-0.39, 0.29) is 11.0 Å². The Hall–Kier alpha value is -3.68. The molecule has 32 heavy (non-hydrogen) atoms. The minimum Gasteiger partial charge on any atom is -0.322 e. The van der Waals surface area contributed by atoms with E-state index in [0.29, 0.717) is 11.3 Å². The molecule has 0 aliphatic heterocycles. The van der Waals surface area contributed by atoms with Crippen LogP contribution in [0.25, 0.3) is 16.9 Å². The third-order valence-electron chi connectivity index (χ3n) is 4.99. The molecule has 2 aromatic carbocycles. The van der Waals surface area contributed by atoms with Gasteiger partial charge in [0.1, 0.15) is 0 Å². The standard InChI is InChI=1S/C24H21F3N4O/c1-23(2,3)20-14-21-28-11-10-19(31(21)30-20)15-6-5-9-18(13-15)29-22(32)16-7-4-8-17(12-16)24(25,26)27/h4-14H,1-3H3,(H,29,32).